The van der Waals surface area contributed by atoms with Crippen LogP contribution in [-0.2, 0) is 14.8 Å². The summed E-state index contributed by atoms with van der Waals surface area (Å²) < 4.78 is -2.29. The van der Waals surface area contributed by atoms with Crippen molar-refractivity contribution in [3.05, 3.63) is 25.3 Å². The van der Waals surface area contributed by atoms with Gasteiger partial charge < -0.3 is 0 Å². The van der Waals surface area contributed by atoms with Gasteiger partial charge in [0, 0.05) is 0 Å². The summed E-state index contributed by atoms with van der Waals surface area (Å²) in [7, 11) is 0. The fourth-order valence-electron chi connectivity index (χ4n) is 1.44. The number of allylic oxidation sites excluding steroid dienone is 2. The average molecular weight is 238 g/mol. The third-order valence-electron chi connectivity index (χ3n) is 2.55. The van der Waals surface area contributed by atoms with Crippen molar-refractivity contribution < 1.29 is 34.6 Å². The fraction of sp³-hybridized carbons (Fsp3) is 0.250. The van der Waals surface area contributed by atoms with E-state index in [-0.39, 0.29) is 10.0 Å². The van der Waals surface area contributed by atoms with Gasteiger partial charge in [-0.25, -0.2) is 0 Å². The van der Waals surface area contributed by atoms with Crippen molar-refractivity contribution >= 4 is 9.13 Å². The van der Waals surface area contributed by atoms with Gasteiger partial charge in [0.25, 0.3) is 0 Å². The molecule has 0 saturated heterocycles. The third kappa shape index (κ3) is 2.49. The van der Waals surface area contributed by atoms with E-state index in [0.29, 0.717) is 0 Å². The Balaban J connectivity index is 5.02. The summed E-state index contributed by atoms with van der Waals surface area (Å²) >= 11 is -4.24. The zero-order chi connectivity index (χ0) is 10.5. The van der Waals surface area contributed by atoms with Crippen molar-refractivity contribution in [2.75, 3.05) is 0 Å². The van der Waals surface area contributed by atoms with Crippen LogP contribution in [-0.4, -0.2) is 19.3 Å². The second-order valence-electron chi connectivity index (χ2n) is 3.47. The molecule has 2 N–H and O–H groups in total. The molecule has 0 saturated carbocycles. The van der Waals surface area contributed by atoms with Gasteiger partial charge in [-0.05, 0) is 0 Å². The van der Waals surface area contributed by atoms with Crippen molar-refractivity contribution in [2.45, 2.75) is 10.0 Å². The summed E-state index contributed by atoms with van der Waals surface area (Å²) in [6.07, 6.45) is 2.76. The predicted molar refractivity (Wildman–Crippen MR) is 46.1 cm³/mol. The molecule has 0 aromatic rings. The Hall–Kier alpha value is -0.957. The second kappa shape index (κ2) is 4.92. The van der Waals surface area contributed by atoms with E-state index in [1.165, 1.54) is 12.2 Å². The first-order chi connectivity index (χ1) is 6.01. The van der Waals surface area contributed by atoms with Gasteiger partial charge in [0.1, 0.15) is 0 Å². The van der Waals surface area contributed by atoms with Crippen LogP contribution in [0.2, 0.25) is 10.0 Å². The van der Waals surface area contributed by atoms with Gasteiger partial charge in [0.15, 0.2) is 0 Å². The third-order valence-corrected chi connectivity index (χ3v) is 13.3. The fourth-order valence-corrected chi connectivity index (χ4v) is 7.47. The van der Waals surface area contributed by atoms with Crippen LogP contribution in [0, 0.1) is 0 Å². The zero-order valence-corrected chi connectivity index (χ0v) is 10.4. The summed E-state index contributed by atoms with van der Waals surface area (Å²) in [5.74, 6) is 0. The standard InChI is InChI=1S/2C3H5.2CHO2.Zn/c2*1-3-2;2*2-1-3;/h2*3H,1-2H2;2*(H,2,3);. The van der Waals surface area contributed by atoms with Crippen LogP contribution < -0.4 is 0 Å². The molecular formula is C8H12O4Zn. The molecule has 13 heavy (non-hydrogen) atoms. The topological polar surface area (TPSA) is 74.6 Å². The molecule has 0 radical (unpaired) electrons. The summed E-state index contributed by atoms with van der Waals surface area (Å²) in [6, 6.07) is 0. The Labute approximate surface area is 79.4 Å². The van der Waals surface area contributed by atoms with E-state index in [0.717, 1.165) is 0 Å². The first-order valence-electron chi connectivity index (χ1n) is 4.20. The van der Waals surface area contributed by atoms with Crippen molar-refractivity contribution in [1.29, 1.82) is 0 Å². The van der Waals surface area contributed by atoms with Crippen LogP contribution in [0.1, 0.15) is 0 Å². The molecule has 0 rings (SSSR count). The van der Waals surface area contributed by atoms with Crippen LogP contribution in [0.4, 0.5) is 9.59 Å². The molecule has 0 unspecified atom stereocenters. The molecular weight excluding hydrogens is 225 g/mol. The SMILES string of the molecule is C=C[CH2][Zn]([CH2]C=C)([C](=O)O)[C](=O)O. The summed E-state index contributed by atoms with van der Waals surface area (Å²) in [6.45, 7) is 6.77. The van der Waals surface area contributed by atoms with E-state index in [1.807, 2.05) is 0 Å². The minimum absolute atomic E-state index is 0.111. The molecule has 0 spiro atoms. The van der Waals surface area contributed by atoms with E-state index in [4.69, 9.17) is 10.2 Å². The van der Waals surface area contributed by atoms with Gasteiger partial charge in [0.2, 0.25) is 0 Å². The van der Waals surface area contributed by atoms with Crippen LogP contribution in [0.5, 0.6) is 0 Å². The Morgan fingerprint density at radius 1 is 1.08 bits per heavy atom. The maximum absolute atomic E-state index is 10.9. The molecule has 0 atom stereocenters. The molecule has 0 heterocycles. The maximum atomic E-state index is 10.9. The Bertz CT molecular complexity index is 221. The van der Waals surface area contributed by atoms with Crippen molar-refractivity contribution in [3.63, 3.8) is 0 Å². The van der Waals surface area contributed by atoms with E-state index in [1.54, 1.807) is 0 Å². The predicted octanol–water partition coefficient (Wildman–Crippen LogP) is 2.70. The van der Waals surface area contributed by atoms with Gasteiger partial charge in [0.05, 0.1) is 0 Å². The zero-order valence-electron chi connectivity index (χ0n) is 7.40. The first kappa shape index (κ1) is 12.0. The van der Waals surface area contributed by atoms with Crippen LogP contribution in [0.25, 0.3) is 0 Å². The number of hydrogen-bond donors (Lipinski definition) is 2. The summed E-state index contributed by atoms with van der Waals surface area (Å²) in [5, 5.41) is 18.0. The van der Waals surface area contributed by atoms with Crippen molar-refractivity contribution in [3.8, 4) is 0 Å². The van der Waals surface area contributed by atoms with E-state index in [9.17, 15) is 9.59 Å². The van der Waals surface area contributed by atoms with E-state index >= 15 is 0 Å². The van der Waals surface area contributed by atoms with Crippen LogP contribution in [0.15, 0.2) is 25.3 Å². The molecule has 0 amide bonds. The molecule has 0 aliphatic rings. The monoisotopic (exact) mass is 236 g/mol. The normalized spacial score (nSPS) is 9.23. The number of rotatable bonds is 6. The van der Waals surface area contributed by atoms with Crippen LogP contribution >= 0.6 is 0 Å². The Kier molecular flexibility index (Phi) is 4.56. The molecule has 0 aliphatic carbocycles. The van der Waals surface area contributed by atoms with Crippen molar-refractivity contribution in [1.82, 2.24) is 0 Å². The summed E-state index contributed by atoms with van der Waals surface area (Å²) in [5.41, 5.74) is 0. The molecule has 0 aromatic heterocycles. The van der Waals surface area contributed by atoms with Gasteiger partial charge >= 0.3 is 79.0 Å². The number of carboxylic acid groups (broad SMARTS) is 2. The number of carbonyl (C=O) groups is 2. The van der Waals surface area contributed by atoms with Crippen molar-refractivity contribution in [2.24, 2.45) is 0 Å². The van der Waals surface area contributed by atoms with Gasteiger partial charge in [-0.15, -0.1) is 0 Å². The van der Waals surface area contributed by atoms with E-state index in [2.05, 4.69) is 13.2 Å². The molecule has 0 aromatic carbocycles. The quantitative estimate of drug-likeness (QED) is 0.550. The Morgan fingerprint density at radius 2 is 1.38 bits per heavy atom. The first-order valence-corrected chi connectivity index (χ1v) is 11.4. The van der Waals surface area contributed by atoms with Gasteiger partial charge in [-0.1, -0.05) is 0 Å². The summed E-state index contributed by atoms with van der Waals surface area (Å²) in [4.78, 5) is 21.7. The minimum atomic E-state index is -4.24. The molecule has 0 fully saturated rings. The molecule has 70 valence electrons. The average Bonchev–Trinajstić information content (AvgIpc) is 2.03. The van der Waals surface area contributed by atoms with Gasteiger partial charge in [-0.2, -0.15) is 0 Å². The number of hydrogen-bond acceptors (Lipinski definition) is 2. The molecule has 0 bridgehead atoms. The van der Waals surface area contributed by atoms with E-state index < -0.39 is 23.9 Å². The van der Waals surface area contributed by atoms with Crippen LogP contribution in [0.3, 0.4) is 0 Å². The molecule has 5 heteroatoms. The van der Waals surface area contributed by atoms with Gasteiger partial charge in [-0.3, -0.25) is 0 Å². The molecule has 0 aliphatic heterocycles. The Morgan fingerprint density at radius 3 is 1.54 bits per heavy atom. The molecule has 4 nitrogen and oxygen atoms in total. The second-order valence-corrected chi connectivity index (χ2v) is 14.9.